The summed E-state index contributed by atoms with van der Waals surface area (Å²) in [5.74, 6) is 0.475. The van der Waals surface area contributed by atoms with Crippen molar-refractivity contribution < 1.29 is 0 Å². The molecule has 0 aromatic heterocycles. The Morgan fingerprint density at radius 3 is 1.88 bits per heavy atom. The minimum atomic E-state index is 0.475. The van der Waals surface area contributed by atoms with Gasteiger partial charge in [0.05, 0.1) is 0 Å². The van der Waals surface area contributed by atoms with Crippen LogP contribution in [-0.2, 0) is 0 Å². The second kappa shape index (κ2) is 2.98. The van der Waals surface area contributed by atoms with E-state index >= 15 is 0 Å². The average Bonchev–Trinajstić information content (AvgIpc) is 1.64. The maximum absolute atomic E-state index is 5.00. The van der Waals surface area contributed by atoms with E-state index in [9.17, 15) is 0 Å². The van der Waals surface area contributed by atoms with Crippen molar-refractivity contribution >= 4 is 17.1 Å². The van der Waals surface area contributed by atoms with Gasteiger partial charge in [-0.15, -0.1) is 0 Å². The summed E-state index contributed by atoms with van der Waals surface area (Å²) in [7, 11) is 0. The predicted molar refractivity (Wildman–Crippen MR) is 42.3 cm³/mol. The highest BCUT2D eigenvalue weighted by molar-refractivity contribution is 7.80. The Hall–Kier alpha value is -0.170. The van der Waals surface area contributed by atoms with Gasteiger partial charge < -0.3 is 0 Å². The Morgan fingerprint density at radius 1 is 1.50 bits per heavy atom. The zero-order valence-electron chi connectivity index (χ0n) is 5.69. The van der Waals surface area contributed by atoms with E-state index in [0.717, 1.165) is 10.4 Å². The summed E-state index contributed by atoms with van der Waals surface area (Å²) in [5, 5.41) is 0. The lowest BCUT2D eigenvalue weighted by Gasteiger charge is -2.03. The summed E-state index contributed by atoms with van der Waals surface area (Å²) in [6.07, 6.45) is 0. The van der Waals surface area contributed by atoms with Crippen LogP contribution >= 0.6 is 12.2 Å². The molecule has 0 heterocycles. The first-order valence-electron chi connectivity index (χ1n) is 2.75. The van der Waals surface area contributed by atoms with E-state index < -0.39 is 0 Å². The monoisotopic (exact) mass is 128 g/mol. The number of hydrogen-bond donors (Lipinski definition) is 0. The Balaban J connectivity index is 3.84. The van der Waals surface area contributed by atoms with E-state index in [2.05, 4.69) is 20.4 Å². The molecule has 0 aromatic carbocycles. The fraction of sp³-hybridized carbons (Fsp3) is 0.571. The van der Waals surface area contributed by atoms with Crippen LogP contribution in [0.25, 0.3) is 0 Å². The minimum Gasteiger partial charge on any atom is -0.0950 e. The SMILES string of the molecule is C=C(C)C(=S)C(C)C. The number of rotatable bonds is 2. The van der Waals surface area contributed by atoms with Gasteiger partial charge in [0.15, 0.2) is 0 Å². The quantitative estimate of drug-likeness (QED) is 0.407. The molecule has 0 amide bonds. The molecule has 0 aliphatic carbocycles. The number of thiocarbonyl (C=S) groups is 1. The Labute approximate surface area is 56.6 Å². The molecule has 0 N–H and O–H groups in total. The molecule has 1 heteroatoms. The van der Waals surface area contributed by atoms with Crippen molar-refractivity contribution in [2.24, 2.45) is 5.92 Å². The van der Waals surface area contributed by atoms with Crippen molar-refractivity contribution in [2.45, 2.75) is 20.8 Å². The van der Waals surface area contributed by atoms with Crippen molar-refractivity contribution in [1.29, 1.82) is 0 Å². The fourth-order valence-corrected chi connectivity index (χ4v) is 0.493. The third kappa shape index (κ3) is 2.22. The molecule has 0 aliphatic rings. The van der Waals surface area contributed by atoms with Crippen LogP contribution in [0.3, 0.4) is 0 Å². The number of allylic oxidation sites excluding steroid dienone is 1. The first kappa shape index (κ1) is 7.83. The van der Waals surface area contributed by atoms with E-state index in [1.165, 1.54) is 0 Å². The summed E-state index contributed by atoms with van der Waals surface area (Å²) >= 11 is 5.00. The van der Waals surface area contributed by atoms with Crippen LogP contribution in [-0.4, -0.2) is 4.86 Å². The Bertz CT molecular complexity index is 112. The zero-order valence-corrected chi connectivity index (χ0v) is 6.51. The molecular weight excluding hydrogens is 116 g/mol. The normalized spacial score (nSPS) is 9.50. The lowest BCUT2D eigenvalue weighted by Crippen LogP contribution is -2.03. The third-order valence-electron chi connectivity index (χ3n) is 0.945. The molecule has 0 radical (unpaired) electrons. The van der Waals surface area contributed by atoms with E-state index in [4.69, 9.17) is 12.2 Å². The Kier molecular flexibility index (Phi) is 2.91. The van der Waals surface area contributed by atoms with Crippen LogP contribution < -0.4 is 0 Å². The van der Waals surface area contributed by atoms with Crippen molar-refractivity contribution in [1.82, 2.24) is 0 Å². The van der Waals surface area contributed by atoms with Gasteiger partial charge in [0, 0.05) is 4.86 Å². The molecule has 46 valence electrons. The summed E-state index contributed by atoms with van der Waals surface area (Å²) in [6, 6.07) is 0. The molecule has 0 atom stereocenters. The molecule has 0 bridgehead atoms. The van der Waals surface area contributed by atoms with Crippen LogP contribution in [0.2, 0.25) is 0 Å². The van der Waals surface area contributed by atoms with Gasteiger partial charge in [-0.05, 0) is 18.4 Å². The molecule has 0 nitrogen and oxygen atoms in total. The first-order valence-corrected chi connectivity index (χ1v) is 3.16. The lowest BCUT2D eigenvalue weighted by molar-refractivity contribution is 0.900. The molecule has 0 saturated carbocycles. The summed E-state index contributed by atoms with van der Waals surface area (Å²) in [6.45, 7) is 9.84. The van der Waals surface area contributed by atoms with Gasteiger partial charge in [0.2, 0.25) is 0 Å². The molecule has 0 unspecified atom stereocenters. The molecule has 0 rings (SSSR count). The molecule has 0 aromatic rings. The highest BCUT2D eigenvalue weighted by Crippen LogP contribution is 2.04. The van der Waals surface area contributed by atoms with Crippen LogP contribution in [0.4, 0.5) is 0 Å². The maximum atomic E-state index is 5.00. The summed E-state index contributed by atoms with van der Waals surface area (Å²) < 4.78 is 0. The third-order valence-corrected chi connectivity index (χ3v) is 1.76. The van der Waals surface area contributed by atoms with Gasteiger partial charge in [-0.25, -0.2) is 0 Å². The molecule has 8 heavy (non-hydrogen) atoms. The number of hydrogen-bond acceptors (Lipinski definition) is 1. The largest absolute Gasteiger partial charge is 0.0950 e. The first-order chi connectivity index (χ1) is 3.55. The van der Waals surface area contributed by atoms with Gasteiger partial charge >= 0.3 is 0 Å². The Morgan fingerprint density at radius 2 is 1.88 bits per heavy atom. The van der Waals surface area contributed by atoms with Crippen molar-refractivity contribution in [3.63, 3.8) is 0 Å². The summed E-state index contributed by atoms with van der Waals surface area (Å²) in [4.78, 5) is 0.991. The lowest BCUT2D eigenvalue weighted by atomic mass is 10.1. The van der Waals surface area contributed by atoms with E-state index in [1.54, 1.807) is 0 Å². The van der Waals surface area contributed by atoms with Crippen LogP contribution in [0.15, 0.2) is 12.2 Å². The molecule has 0 spiro atoms. The second-order valence-electron chi connectivity index (χ2n) is 2.30. The molecular formula is C7H12S. The van der Waals surface area contributed by atoms with E-state index in [-0.39, 0.29) is 0 Å². The topological polar surface area (TPSA) is 0 Å². The van der Waals surface area contributed by atoms with Crippen LogP contribution in [0.1, 0.15) is 20.8 Å². The van der Waals surface area contributed by atoms with Crippen molar-refractivity contribution in [2.75, 3.05) is 0 Å². The molecule has 0 fully saturated rings. The standard InChI is InChI=1S/C7H12S/c1-5(2)7(8)6(3)4/h6H,1H2,2-4H3. The smallest absolute Gasteiger partial charge is 0.0200 e. The second-order valence-corrected chi connectivity index (χ2v) is 2.74. The van der Waals surface area contributed by atoms with Crippen LogP contribution in [0.5, 0.6) is 0 Å². The zero-order chi connectivity index (χ0) is 6.73. The maximum Gasteiger partial charge on any atom is 0.0200 e. The predicted octanol–water partition coefficient (Wildman–Crippen LogP) is 2.59. The molecule has 0 aliphatic heterocycles. The van der Waals surface area contributed by atoms with Crippen LogP contribution in [0, 0.1) is 5.92 Å². The molecule has 0 saturated heterocycles. The van der Waals surface area contributed by atoms with Gasteiger partial charge in [-0.2, -0.15) is 0 Å². The highest BCUT2D eigenvalue weighted by atomic mass is 32.1. The summed E-state index contributed by atoms with van der Waals surface area (Å²) in [5.41, 5.74) is 1.02. The van der Waals surface area contributed by atoms with Crippen molar-refractivity contribution in [3.8, 4) is 0 Å². The van der Waals surface area contributed by atoms with Gasteiger partial charge in [0.25, 0.3) is 0 Å². The fourth-order valence-electron chi connectivity index (χ4n) is 0.493. The van der Waals surface area contributed by atoms with Gasteiger partial charge in [0.1, 0.15) is 0 Å². The van der Waals surface area contributed by atoms with Crippen molar-refractivity contribution in [3.05, 3.63) is 12.2 Å². The van der Waals surface area contributed by atoms with E-state index in [0.29, 0.717) is 5.92 Å². The minimum absolute atomic E-state index is 0.475. The van der Waals surface area contributed by atoms with Gasteiger partial charge in [-0.1, -0.05) is 32.6 Å². The highest BCUT2D eigenvalue weighted by Gasteiger charge is 2.00. The van der Waals surface area contributed by atoms with E-state index in [1.807, 2.05) is 6.92 Å². The average molecular weight is 128 g/mol. The van der Waals surface area contributed by atoms with Gasteiger partial charge in [-0.3, -0.25) is 0 Å².